The molecule has 96 valence electrons. The summed E-state index contributed by atoms with van der Waals surface area (Å²) >= 11 is 0. The SMILES string of the molecule is CCCCC(CC)NCC1(O)CCOCC1. The highest BCUT2D eigenvalue weighted by atomic mass is 16.5. The molecule has 0 aromatic carbocycles. The number of hydrogen-bond acceptors (Lipinski definition) is 3. The molecule has 0 spiro atoms. The first-order valence-corrected chi connectivity index (χ1v) is 6.73. The smallest absolute Gasteiger partial charge is 0.0815 e. The molecule has 0 aromatic rings. The zero-order valence-electron chi connectivity index (χ0n) is 10.8. The van der Waals surface area contributed by atoms with Crippen molar-refractivity contribution in [1.29, 1.82) is 0 Å². The van der Waals surface area contributed by atoms with Crippen molar-refractivity contribution in [3.05, 3.63) is 0 Å². The summed E-state index contributed by atoms with van der Waals surface area (Å²) in [5, 5.41) is 13.8. The van der Waals surface area contributed by atoms with Crippen molar-refractivity contribution in [2.24, 2.45) is 0 Å². The second-order valence-electron chi connectivity index (χ2n) is 4.97. The summed E-state index contributed by atoms with van der Waals surface area (Å²) in [7, 11) is 0. The average molecular weight is 229 g/mol. The molecule has 16 heavy (non-hydrogen) atoms. The average Bonchev–Trinajstić information content (AvgIpc) is 2.30. The molecular formula is C13H27NO2. The predicted molar refractivity (Wildman–Crippen MR) is 66.6 cm³/mol. The van der Waals surface area contributed by atoms with Gasteiger partial charge in [0.1, 0.15) is 0 Å². The van der Waals surface area contributed by atoms with E-state index in [1.807, 2.05) is 0 Å². The van der Waals surface area contributed by atoms with Crippen LogP contribution in [-0.2, 0) is 4.74 Å². The van der Waals surface area contributed by atoms with Gasteiger partial charge in [-0.3, -0.25) is 0 Å². The minimum atomic E-state index is -0.530. The van der Waals surface area contributed by atoms with Gasteiger partial charge in [0.15, 0.2) is 0 Å². The Balaban J connectivity index is 2.24. The summed E-state index contributed by atoms with van der Waals surface area (Å²) in [5.41, 5.74) is -0.530. The van der Waals surface area contributed by atoms with Crippen molar-refractivity contribution in [1.82, 2.24) is 5.32 Å². The van der Waals surface area contributed by atoms with Crippen LogP contribution in [0.15, 0.2) is 0 Å². The van der Waals surface area contributed by atoms with Crippen molar-refractivity contribution in [2.45, 2.75) is 64.0 Å². The van der Waals surface area contributed by atoms with Crippen LogP contribution < -0.4 is 5.32 Å². The molecule has 0 radical (unpaired) electrons. The van der Waals surface area contributed by atoms with Gasteiger partial charge in [0.25, 0.3) is 0 Å². The molecule has 0 saturated carbocycles. The molecule has 1 atom stereocenters. The minimum Gasteiger partial charge on any atom is -0.388 e. The zero-order valence-corrected chi connectivity index (χ0v) is 10.8. The van der Waals surface area contributed by atoms with Crippen LogP contribution in [-0.4, -0.2) is 36.5 Å². The van der Waals surface area contributed by atoms with Gasteiger partial charge in [0, 0.05) is 38.6 Å². The lowest BCUT2D eigenvalue weighted by molar-refractivity contribution is -0.0629. The van der Waals surface area contributed by atoms with Gasteiger partial charge in [0.05, 0.1) is 5.60 Å². The molecule has 3 nitrogen and oxygen atoms in total. The van der Waals surface area contributed by atoms with Crippen LogP contribution in [0, 0.1) is 0 Å². The number of nitrogens with one attached hydrogen (secondary N) is 1. The number of ether oxygens (including phenoxy) is 1. The lowest BCUT2D eigenvalue weighted by Gasteiger charge is -2.33. The number of unbranched alkanes of at least 4 members (excludes halogenated alkanes) is 1. The fourth-order valence-corrected chi connectivity index (χ4v) is 2.16. The Kier molecular flexibility index (Phi) is 6.32. The summed E-state index contributed by atoms with van der Waals surface area (Å²) < 4.78 is 5.28. The van der Waals surface area contributed by atoms with Crippen LogP contribution in [0.25, 0.3) is 0 Å². The molecule has 1 unspecified atom stereocenters. The highest BCUT2D eigenvalue weighted by Gasteiger charge is 2.29. The first-order valence-electron chi connectivity index (χ1n) is 6.73. The Morgan fingerprint density at radius 3 is 2.56 bits per heavy atom. The molecule has 0 aromatic heterocycles. The van der Waals surface area contributed by atoms with E-state index in [0.717, 1.165) is 25.8 Å². The van der Waals surface area contributed by atoms with E-state index >= 15 is 0 Å². The van der Waals surface area contributed by atoms with Gasteiger partial charge in [-0.15, -0.1) is 0 Å². The normalized spacial score (nSPS) is 21.9. The fourth-order valence-electron chi connectivity index (χ4n) is 2.16. The van der Waals surface area contributed by atoms with Crippen molar-refractivity contribution < 1.29 is 9.84 Å². The third-order valence-corrected chi connectivity index (χ3v) is 3.54. The van der Waals surface area contributed by atoms with Gasteiger partial charge >= 0.3 is 0 Å². The molecule has 1 fully saturated rings. The largest absolute Gasteiger partial charge is 0.388 e. The number of hydrogen-bond donors (Lipinski definition) is 2. The van der Waals surface area contributed by atoms with Crippen molar-refractivity contribution in [2.75, 3.05) is 19.8 Å². The topological polar surface area (TPSA) is 41.5 Å². The molecular weight excluding hydrogens is 202 g/mol. The summed E-state index contributed by atoms with van der Waals surface area (Å²) in [6, 6.07) is 0.562. The van der Waals surface area contributed by atoms with Crippen LogP contribution in [0.5, 0.6) is 0 Å². The second-order valence-corrected chi connectivity index (χ2v) is 4.97. The highest BCUT2D eigenvalue weighted by molar-refractivity contribution is 4.84. The Labute approximate surface area is 99.6 Å². The zero-order chi connectivity index (χ0) is 11.9. The predicted octanol–water partition coefficient (Wildman–Crippen LogP) is 2.09. The van der Waals surface area contributed by atoms with E-state index in [1.165, 1.54) is 19.3 Å². The van der Waals surface area contributed by atoms with Gasteiger partial charge in [0.2, 0.25) is 0 Å². The van der Waals surface area contributed by atoms with E-state index in [0.29, 0.717) is 19.3 Å². The molecule has 0 aliphatic carbocycles. The van der Waals surface area contributed by atoms with E-state index in [4.69, 9.17) is 4.74 Å². The van der Waals surface area contributed by atoms with E-state index in [2.05, 4.69) is 19.2 Å². The molecule has 1 aliphatic rings. The first kappa shape index (κ1) is 13.9. The molecule has 0 amide bonds. The Morgan fingerprint density at radius 2 is 2.00 bits per heavy atom. The maximum absolute atomic E-state index is 10.3. The van der Waals surface area contributed by atoms with Crippen LogP contribution in [0.1, 0.15) is 52.4 Å². The van der Waals surface area contributed by atoms with Gasteiger partial charge in [-0.25, -0.2) is 0 Å². The van der Waals surface area contributed by atoms with Crippen LogP contribution in [0.2, 0.25) is 0 Å². The summed E-state index contributed by atoms with van der Waals surface area (Å²) in [6.07, 6.45) is 6.42. The lowest BCUT2D eigenvalue weighted by atomic mass is 9.93. The van der Waals surface area contributed by atoms with Crippen molar-refractivity contribution in [3.63, 3.8) is 0 Å². The molecule has 0 bridgehead atoms. The molecule has 1 saturated heterocycles. The van der Waals surface area contributed by atoms with E-state index < -0.39 is 5.60 Å². The summed E-state index contributed by atoms with van der Waals surface area (Å²) in [5.74, 6) is 0. The van der Waals surface area contributed by atoms with Crippen LogP contribution in [0.3, 0.4) is 0 Å². The number of aliphatic hydroxyl groups is 1. The Hall–Kier alpha value is -0.120. The standard InChI is InChI=1S/C13H27NO2/c1-3-5-6-12(4-2)14-11-13(15)7-9-16-10-8-13/h12,14-15H,3-11H2,1-2H3. The van der Waals surface area contributed by atoms with Crippen LogP contribution >= 0.6 is 0 Å². The fraction of sp³-hybridized carbons (Fsp3) is 1.00. The molecule has 1 heterocycles. The maximum atomic E-state index is 10.3. The van der Waals surface area contributed by atoms with Crippen molar-refractivity contribution in [3.8, 4) is 0 Å². The first-order chi connectivity index (χ1) is 7.70. The Morgan fingerprint density at radius 1 is 1.31 bits per heavy atom. The third-order valence-electron chi connectivity index (χ3n) is 3.54. The molecule has 2 N–H and O–H groups in total. The van der Waals surface area contributed by atoms with Gasteiger partial charge in [-0.1, -0.05) is 26.7 Å². The van der Waals surface area contributed by atoms with Gasteiger partial charge < -0.3 is 15.2 Å². The van der Waals surface area contributed by atoms with E-state index in [-0.39, 0.29) is 0 Å². The second kappa shape index (κ2) is 7.25. The molecule has 1 aliphatic heterocycles. The number of rotatable bonds is 7. The molecule has 1 rings (SSSR count). The monoisotopic (exact) mass is 229 g/mol. The van der Waals surface area contributed by atoms with E-state index in [9.17, 15) is 5.11 Å². The van der Waals surface area contributed by atoms with Crippen LogP contribution in [0.4, 0.5) is 0 Å². The lowest BCUT2D eigenvalue weighted by Crippen LogP contribution is -2.47. The van der Waals surface area contributed by atoms with E-state index in [1.54, 1.807) is 0 Å². The molecule has 3 heteroatoms. The summed E-state index contributed by atoms with van der Waals surface area (Å²) in [6.45, 7) is 6.55. The van der Waals surface area contributed by atoms with Gasteiger partial charge in [-0.2, -0.15) is 0 Å². The minimum absolute atomic E-state index is 0.530. The highest BCUT2D eigenvalue weighted by Crippen LogP contribution is 2.19. The third kappa shape index (κ3) is 4.81. The van der Waals surface area contributed by atoms with Crippen molar-refractivity contribution >= 4 is 0 Å². The maximum Gasteiger partial charge on any atom is 0.0815 e. The quantitative estimate of drug-likeness (QED) is 0.702. The van der Waals surface area contributed by atoms with Gasteiger partial charge in [-0.05, 0) is 12.8 Å². The summed E-state index contributed by atoms with van der Waals surface area (Å²) in [4.78, 5) is 0. The Bertz CT molecular complexity index is 179.